The van der Waals surface area contributed by atoms with Crippen molar-refractivity contribution in [1.29, 1.82) is 0 Å². The maximum atomic E-state index is 12.9. The fourth-order valence-electron chi connectivity index (χ4n) is 3.43. The number of imide groups is 1. The molecule has 0 radical (unpaired) electrons. The number of benzene rings is 1. The second-order valence-corrected chi connectivity index (χ2v) is 6.53. The number of alkyl halides is 3. The van der Waals surface area contributed by atoms with E-state index >= 15 is 0 Å². The number of hydrogen-bond acceptors (Lipinski definition) is 3. The molecule has 25 heavy (non-hydrogen) atoms. The molecule has 136 valence electrons. The van der Waals surface area contributed by atoms with Crippen LogP contribution in [0.4, 0.5) is 23.7 Å². The van der Waals surface area contributed by atoms with E-state index in [1.165, 1.54) is 4.90 Å². The van der Waals surface area contributed by atoms with Gasteiger partial charge in [0.25, 0.3) is 5.91 Å². The summed E-state index contributed by atoms with van der Waals surface area (Å²) in [6, 6.07) is 7.63. The van der Waals surface area contributed by atoms with E-state index in [0.29, 0.717) is 18.7 Å². The van der Waals surface area contributed by atoms with E-state index in [0.717, 1.165) is 4.90 Å². The number of anilines is 1. The Balaban J connectivity index is 1.73. The Morgan fingerprint density at radius 3 is 2.48 bits per heavy atom. The summed E-state index contributed by atoms with van der Waals surface area (Å²) in [5, 5.41) is 0. The highest BCUT2D eigenvalue weighted by atomic mass is 19.4. The van der Waals surface area contributed by atoms with Gasteiger partial charge in [-0.15, -0.1) is 0 Å². The van der Waals surface area contributed by atoms with Crippen LogP contribution in [0.25, 0.3) is 0 Å². The van der Waals surface area contributed by atoms with E-state index in [-0.39, 0.29) is 25.5 Å². The van der Waals surface area contributed by atoms with Crippen molar-refractivity contribution in [3.8, 4) is 0 Å². The SMILES string of the molecule is CC1C(=O)N(CN2CCCC(C(F)(F)F)C2)C(=O)N1c1ccccc1. The summed E-state index contributed by atoms with van der Waals surface area (Å²) >= 11 is 0. The molecule has 0 N–H and O–H groups in total. The number of piperidine rings is 1. The van der Waals surface area contributed by atoms with Gasteiger partial charge in [0.2, 0.25) is 0 Å². The van der Waals surface area contributed by atoms with Crippen molar-refractivity contribution in [2.75, 3.05) is 24.7 Å². The average Bonchev–Trinajstić information content (AvgIpc) is 2.79. The van der Waals surface area contributed by atoms with Crippen molar-refractivity contribution in [2.24, 2.45) is 5.92 Å². The number of likely N-dealkylation sites (tertiary alicyclic amines) is 1. The van der Waals surface area contributed by atoms with Crippen LogP contribution in [-0.2, 0) is 4.79 Å². The molecule has 2 unspecified atom stereocenters. The summed E-state index contributed by atoms with van der Waals surface area (Å²) in [5.41, 5.74) is 0.600. The van der Waals surface area contributed by atoms with Gasteiger partial charge in [0.1, 0.15) is 6.04 Å². The maximum Gasteiger partial charge on any atom is 0.393 e. The lowest BCUT2D eigenvalue weighted by Gasteiger charge is -2.35. The van der Waals surface area contributed by atoms with E-state index in [1.807, 2.05) is 0 Å². The molecule has 2 aliphatic rings. The number of hydrogen-bond donors (Lipinski definition) is 0. The van der Waals surface area contributed by atoms with E-state index in [9.17, 15) is 22.8 Å². The van der Waals surface area contributed by atoms with Crippen LogP contribution in [0.5, 0.6) is 0 Å². The Kier molecular flexibility index (Phi) is 4.73. The van der Waals surface area contributed by atoms with Crippen LogP contribution in [0, 0.1) is 5.92 Å². The third-order valence-electron chi connectivity index (χ3n) is 4.79. The van der Waals surface area contributed by atoms with Crippen molar-refractivity contribution >= 4 is 17.6 Å². The zero-order valence-corrected chi connectivity index (χ0v) is 13.9. The predicted octanol–water partition coefficient (Wildman–Crippen LogP) is 3.08. The van der Waals surface area contributed by atoms with Crippen molar-refractivity contribution < 1.29 is 22.8 Å². The number of para-hydroxylation sites is 1. The third-order valence-corrected chi connectivity index (χ3v) is 4.79. The largest absolute Gasteiger partial charge is 0.393 e. The third kappa shape index (κ3) is 3.49. The van der Waals surface area contributed by atoms with Crippen LogP contribution in [-0.4, -0.2) is 53.7 Å². The summed E-state index contributed by atoms with van der Waals surface area (Å²) in [4.78, 5) is 29.1. The van der Waals surface area contributed by atoms with Gasteiger partial charge in [0.05, 0.1) is 12.6 Å². The van der Waals surface area contributed by atoms with Gasteiger partial charge in [0, 0.05) is 12.2 Å². The lowest BCUT2D eigenvalue weighted by atomic mass is 9.98. The first kappa shape index (κ1) is 17.7. The van der Waals surface area contributed by atoms with Crippen LogP contribution in [0.3, 0.4) is 0 Å². The fraction of sp³-hybridized carbons (Fsp3) is 0.529. The molecule has 0 spiro atoms. The second kappa shape index (κ2) is 6.67. The van der Waals surface area contributed by atoms with Gasteiger partial charge in [-0.3, -0.25) is 14.6 Å². The molecule has 0 aromatic heterocycles. The molecule has 1 aromatic carbocycles. The minimum Gasteiger partial charge on any atom is -0.285 e. The van der Waals surface area contributed by atoms with Crippen LogP contribution in [0.1, 0.15) is 19.8 Å². The minimum absolute atomic E-state index is 0.0917. The number of urea groups is 1. The van der Waals surface area contributed by atoms with Crippen molar-refractivity contribution in [1.82, 2.24) is 9.80 Å². The second-order valence-electron chi connectivity index (χ2n) is 6.53. The molecule has 2 saturated heterocycles. The zero-order valence-electron chi connectivity index (χ0n) is 13.9. The molecule has 2 aliphatic heterocycles. The number of rotatable bonds is 3. The van der Waals surface area contributed by atoms with Crippen LogP contribution < -0.4 is 4.90 Å². The fourth-order valence-corrected chi connectivity index (χ4v) is 3.43. The van der Waals surface area contributed by atoms with Crippen LogP contribution in [0.15, 0.2) is 30.3 Å². The van der Waals surface area contributed by atoms with Gasteiger partial charge in [-0.25, -0.2) is 9.69 Å². The predicted molar refractivity (Wildman–Crippen MR) is 85.8 cm³/mol. The van der Waals surface area contributed by atoms with Gasteiger partial charge in [-0.05, 0) is 38.4 Å². The van der Waals surface area contributed by atoms with Crippen LogP contribution in [0.2, 0.25) is 0 Å². The van der Waals surface area contributed by atoms with Gasteiger partial charge < -0.3 is 0 Å². The molecule has 2 atom stereocenters. The first-order chi connectivity index (χ1) is 11.8. The molecular formula is C17H20F3N3O2. The molecular weight excluding hydrogens is 335 g/mol. The summed E-state index contributed by atoms with van der Waals surface area (Å²) in [5.74, 6) is -1.79. The average molecular weight is 355 g/mol. The van der Waals surface area contributed by atoms with Crippen molar-refractivity contribution in [3.05, 3.63) is 30.3 Å². The Morgan fingerprint density at radius 1 is 1.16 bits per heavy atom. The lowest BCUT2D eigenvalue weighted by Crippen LogP contribution is -2.48. The number of nitrogens with zero attached hydrogens (tertiary/aromatic N) is 3. The molecule has 3 rings (SSSR count). The number of amides is 3. The van der Waals surface area contributed by atoms with E-state index < -0.39 is 24.2 Å². The van der Waals surface area contributed by atoms with Crippen molar-refractivity contribution in [3.63, 3.8) is 0 Å². The van der Waals surface area contributed by atoms with E-state index in [4.69, 9.17) is 0 Å². The highest BCUT2D eigenvalue weighted by Gasteiger charge is 2.46. The van der Waals surface area contributed by atoms with Gasteiger partial charge in [0.15, 0.2) is 0 Å². The summed E-state index contributed by atoms with van der Waals surface area (Å²) < 4.78 is 38.8. The lowest BCUT2D eigenvalue weighted by molar-refractivity contribution is -0.187. The summed E-state index contributed by atoms with van der Waals surface area (Å²) in [7, 11) is 0. The Labute approximate surface area is 144 Å². The maximum absolute atomic E-state index is 12.9. The monoisotopic (exact) mass is 355 g/mol. The Morgan fingerprint density at radius 2 is 1.84 bits per heavy atom. The summed E-state index contributed by atoms with van der Waals surface area (Å²) in [6.45, 7) is 1.80. The molecule has 2 fully saturated rings. The topological polar surface area (TPSA) is 43.9 Å². The van der Waals surface area contributed by atoms with Gasteiger partial charge in [-0.1, -0.05) is 18.2 Å². The molecule has 3 amide bonds. The molecule has 0 bridgehead atoms. The highest BCUT2D eigenvalue weighted by molar-refractivity contribution is 6.13. The van der Waals surface area contributed by atoms with Crippen LogP contribution >= 0.6 is 0 Å². The standard InChI is InChI=1S/C17H20F3N3O2/c1-12-15(24)22(16(25)23(12)14-7-3-2-4-8-14)11-21-9-5-6-13(10-21)17(18,19)20/h2-4,7-8,12-13H,5-6,9-11H2,1H3. The highest BCUT2D eigenvalue weighted by Crippen LogP contribution is 2.33. The first-order valence-corrected chi connectivity index (χ1v) is 8.27. The smallest absolute Gasteiger partial charge is 0.285 e. The van der Waals surface area contributed by atoms with Crippen molar-refractivity contribution in [2.45, 2.75) is 32.0 Å². The molecule has 0 saturated carbocycles. The van der Waals surface area contributed by atoms with Gasteiger partial charge >= 0.3 is 12.2 Å². The van der Waals surface area contributed by atoms with E-state index in [1.54, 1.807) is 42.2 Å². The number of carbonyl (C=O) groups is 2. The molecule has 1 aromatic rings. The normalized spacial score (nSPS) is 25.8. The molecule has 0 aliphatic carbocycles. The number of halogens is 3. The van der Waals surface area contributed by atoms with Gasteiger partial charge in [-0.2, -0.15) is 13.2 Å². The quantitative estimate of drug-likeness (QED) is 0.783. The van der Waals surface area contributed by atoms with E-state index in [2.05, 4.69) is 0 Å². The first-order valence-electron chi connectivity index (χ1n) is 8.27. The summed E-state index contributed by atoms with van der Waals surface area (Å²) in [6.07, 6.45) is -3.76. The molecule has 2 heterocycles. The number of carbonyl (C=O) groups excluding carboxylic acids is 2. The minimum atomic E-state index is -4.25. The zero-order chi connectivity index (χ0) is 18.2. The Hall–Kier alpha value is -2.09. The Bertz CT molecular complexity index is 650. The molecule has 8 heteroatoms. The molecule has 5 nitrogen and oxygen atoms in total.